The Balaban J connectivity index is 2.66. The molecular formula is C13H24N2O4. The number of esters is 1. The molecule has 1 rings (SSSR count). The summed E-state index contributed by atoms with van der Waals surface area (Å²) in [4.78, 5) is 25.4. The number of amides is 1. The molecule has 0 unspecified atom stereocenters. The first-order chi connectivity index (χ1) is 9.03. The normalized spacial score (nSPS) is 17.2. The molecule has 0 atom stereocenters. The highest BCUT2D eigenvalue weighted by atomic mass is 16.5. The molecule has 1 aliphatic rings. The highest BCUT2D eigenvalue weighted by molar-refractivity contribution is 5.89. The zero-order chi connectivity index (χ0) is 14.3. The van der Waals surface area contributed by atoms with E-state index < -0.39 is 11.5 Å². The standard InChI is InChI=1S/C13H24N2O4/c1-3-19-11(16)10-15(8-9-18-2)12(17)13(14)6-4-5-7-13/h3-10,14H2,1-2H3. The molecule has 0 heterocycles. The van der Waals surface area contributed by atoms with Gasteiger partial charge in [0, 0.05) is 13.7 Å². The van der Waals surface area contributed by atoms with E-state index in [-0.39, 0.29) is 12.5 Å². The monoisotopic (exact) mass is 272 g/mol. The van der Waals surface area contributed by atoms with Crippen LogP contribution in [-0.2, 0) is 19.1 Å². The quantitative estimate of drug-likeness (QED) is 0.674. The Bertz CT molecular complexity index is 314. The van der Waals surface area contributed by atoms with Crippen LogP contribution in [0.15, 0.2) is 0 Å². The number of hydrogen-bond acceptors (Lipinski definition) is 5. The molecule has 0 spiro atoms. The van der Waals surface area contributed by atoms with Crippen molar-refractivity contribution in [1.29, 1.82) is 0 Å². The predicted octanol–water partition coefficient (Wildman–Crippen LogP) is 0.296. The molecule has 19 heavy (non-hydrogen) atoms. The summed E-state index contributed by atoms with van der Waals surface area (Å²) >= 11 is 0. The smallest absolute Gasteiger partial charge is 0.325 e. The Morgan fingerprint density at radius 3 is 2.47 bits per heavy atom. The van der Waals surface area contributed by atoms with E-state index in [1.54, 1.807) is 14.0 Å². The number of hydrogen-bond donors (Lipinski definition) is 1. The molecule has 0 aromatic carbocycles. The van der Waals surface area contributed by atoms with Crippen molar-refractivity contribution in [2.75, 3.05) is 33.4 Å². The van der Waals surface area contributed by atoms with Crippen LogP contribution in [0, 0.1) is 0 Å². The van der Waals surface area contributed by atoms with Gasteiger partial charge in [-0.15, -0.1) is 0 Å². The van der Waals surface area contributed by atoms with Gasteiger partial charge in [0.2, 0.25) is 5.91 Å². The van der Waals surface area contributed by atoms with Gasteiger partial charge in [-0.3, -0.25) is 9.59 Å². The van der Waals surface area contributed by atoms with Gasteiger partial charge in [0.25, 0.3) is 0 Å². The largest absolute Gasteiger partial charge is 0.465 e. The first kappa shape index (κ1) is 15.9. The van der Waals surface area contributed by atoms with Crippen molar-refractivity contribution in [3.63, 3.8) is 0 Å². The van der Waals surface area contributed by atoms with Crippen molar-refractivity contribution in [3.05, 3.63) is 0 Å². The fraction of sp³-hybridized carbons (Fsp3) is 0.846. The van der Waals surface area contributed by atoms with E-state index in [1.807, 2.05) is 0 Å². The number of carbonyl (C=O) groups is 2. The Morgan fingerprint density at radius 1 is 1.32 bits per heavy atom. The molecule has 6 heteroatoms. The zero-order valence-electron chi connectivity index (χ0n) is 11.8. The van der Waals surface area contributed by atoms with Crippen LogP contribution in [0.4, 0.5) is 0 Å². The van der Waals surface area contributed by atoms with Crippen LogP contribution in [0.25, 0.3) is 0 Å². The number of rotatable bonds is 7. The van der Waals surface area contributed by atoms with E-state index in [2.05, 4.69) is 0 Å². The van der Waals surface area contributed by atoms with Crippen molar-refractivity contribution in [1.82, 2.24) is 4.90 Å². The van der Waals surface area contributed by atoms with Gasteiger partial charge < -0.3 is 20.1 Å². The Labute approximate surface area is 114 Å². The highest BCUT2D eigenvalue weighted by Crippen LogP contribution is 2.28. The molecule has 1 aliphatic carbocycles. The van der Waals surface area contributed by atoms with Crippen LogP contribution in [-0.4, -0.2) is 55.7 Å². The van der Waals surface area contributed by atoms with Gasteiger partial charge >= 0.3 is 5.97 Å². The molecule has 0 aliphatic heterocycles. The third kappa shape index (κ3) is 4.47. The predicted molar refractivity (Wildman–Crippen MR) is 70.5 cm³/mol. The first-order valence-corrected chi connectivity index (χ1v) is 6.76. The van der Waals surface area contributed by atoms with Crippen LogP contribution >= 0.6 is 0 Å². The maximum Gasteiger partial charge on any atom is 0.325 e. The van der Waals surface area contributed by atoms with E-state index >= 15 is 0 Å². The summed E-state index contributed by atoms with van der Waals surface area (Å²) in [6, 6.07) is 0. The van der Waals surface area contributed by atoms with Crippen LogP contribution in [0.5, 0.6) is 0 Å². The second-order valence-electron chi connectivity index (χ2n) is 4.89. The molecule has 110 valence electrons. The number of ether oxygens (including phenoxy) is 2. The molecule has 6 nitrogen and oxygen atoms in total. The molecule has 1 saturated carbocycles. The Morgan fingerprint density at radius 2 is 1.95 bits per heavy atom. The topological polar surface area (TPSA) is 81.9 Å². The zero-order valence-corrected chi connectivity index (χ0v) is 11.8. The minimum absolute atomic E-state index is 0.0605. The number of carbonyl (C=O) groups excluding carboxylic acids is 2. The van der Waals surface area contributed by atoms with E-state index in [1.165, 1.54) is 4.90 Å². The van der Waals surface area contributed by atoms with E-state index in [0.29, 0.717) is 32.6 Å². The molecular weight excluding hydrogens is 248 g/mol. The van der Waals surface area contributed by atoms with Crippen molar-refractivity contribution in [2.24, 2.45) is 5.73 Å². The number of methoxy groups -OCH3 is 1. The average Bonchev–Trinajstić information content (AvgIpc) is 2.82. The maximum atomic E-state index is 12.5. The number of nitrogens with zero attached hydrogens (tertiary/aromatic N) is 1. The number of nitrogens with two attached hydrogens (primary N) is 1. The lowest BCUT2D eigenvalue weighted by Crippen LogP contribution is -2.55. The van der Waals surface area contributed by atoms with Crippen molar-refractivity contribution < 1.29 is 19.1 Å². The lowest BCUT2D eigenvalue weighted by molar-refractivity contribution is -0.151. The molecule has 0 aromatic rings. The summed E-state index contributed by atoms with van der Waals surface area (Å²) in [5.41, 5.74) is 5.32. The molecule has 1 amide bonds. The fourth-order valence-corrected chi connectivity index (χ4v) is 2.35. The summed E-state index contributed by atoms with van der Waals surface area (Å²) in [6.07, 6.45) is 3.27. The van der Waals surface area contributed by atoms with Crippen LogP contribution in [0.2, 0.25) is 0 Å². The van der Waals surface area contributed by atoms with Gasteiger partial charge in [0.1, 0.15) is 6.54 Å². The minimum atomic E-state index is -0.819. The van der Waals surface area contributed by atoms with Crippen LogP contribution in [0.3, 0.4) is 0 Å². The average molecular weight is 272 g/mol. The van der Waals surface area contributed by atoms with Crippen LogP contribution in [0.1, 0.15) is 32.6 Å². The van der Waals surface area contributed by atoms with E-state index in [4.69, 9.17) is 15.2 Å². The van der Waals surface area contributed by atoms with Crippen molar-refractivity contribution in [3.8, 4) is 0 Å². The lowest BCUT2D eigenvalue weighted by Gasteiger charge is -2.30. The molecule has 2 N–H and O–H groups in total. The van der Waals surface area contributed by atoms with E-state index in [9.17, 15) is 9.59 Å². The highest BCUT2D eigenvalue weighted by Gasteiger charge is 2.40. The second kappa shape index (κ2) is 7.45. The van der Waals surface area contributed by atoms with Crippen LogP contribution < -0.4 is 5.73 Å². The van der Waals surface area contributed by atoms with Gasteiger partial charge in [0.15, 0.2) is 0 Å². The third-order valence-electron chi connectivity index (χ3n) is 3.40. The van der Waals surface area contributed by atoms with Crippen molar-refractivity contribution in [2.45, 2.75) is 38.1 Å². The van der Waals surface area contributed by atoms with Gasteiger partial charge in [-0.1, -0.05) is 12.8 Å². The molecule has 0 bridgehead atoms. The summed E-state index contributed by atoms with van der Waals surface area (Å²) in [7, 11) is 1.56. The summed E-state index contributed by atoms with van der Waals surface area (Å²) in [6.45, 7) is 2.71. The van der Waals surface area contributed by atoms with Gasteiger partial charge in [0.05, 0.1) is 18.8 Å². The SMILES string of the molecule is CCOC(=O)CN(CCOC)C(=O)C1(N)CCCC1. The molecule has 0 saturated heterocycles. The molecule has 0 aromatic heterocycles. The van der Waals surface area contributed by atoms with E-state index in [0.717, 1.165) is 12.8 Å². The summed E-state index contributed by atoms with van der Waals surface area (Å²) in [5.74, 6) is -0.580. The second-order valence-corrected chi connectivity index (χ2v) is 4.89. The maximum absolute atomic E-state index is 12.5. The van der Waals surface area contributed by atoms with Crippen molar-refractivity contribution >= 4 is 11.9 Å². The lowest BCUT2D eigenvalue weighted by atomic mass is 9.97. The van der Waals surface area contributed by atoms with Gasteiger partial charge in [-0.05, 0) is 19.8 Å². The summed E-state index contributed by atoms with van der Waals surface area (Å²) < 4.78 is 9.86. The first-order valence-electron chi connectivity index (χ1n) is 6.76. The van der Waals surface area contributed by atoms with Gasteiger partial charge in [-0.2, -0.15) is 0 Å². The molecule has 0 radical (unpaired) electrons. The minimum Gasteiger partial charge on any atom is -0.465 e. The third-order valence-corrected chi connectivity index (χ3v) is 3.40. The van der Waals surface area contributed by atoms with Gasteiger partial charge in [-0.25, -0.2) is 0 Å². The molecule has 1 fully saturated rings. The Hall–Kier alpha value is -1.14. The summed E-state index contributed by atoms with van der Waals surface area (Å²) in [5, 5.41) is 0. The Kier molecular flexibility index (Phi) is 6.24. The fourth-order valence-electron chi connectivity index (χ4n) is 2.35.